The summed E-state index contributed by atoms with van der Waals surface area (Å²) in [5.41, 5.74) is -0.934. The van der Waals surface area contributed by atoms with E-state index in [0.717, 1.165) is 4.90 Å². The van der Waals surface area contributed by atoms with E-state index < -0.39 is 11.6 Å². The lowest BCUT2D eigenvalue weighted by molar-refractivity contribution is -0.132. The first-order chi connectivity index (χ1) is 8.46. The molecule has 0 unspecified atom stereocenters. The molecule has 104 valence electrons. The molecule has 0 spiro atoms. The zero-order valence-corrected chi connectivity index (χ0v) is 10.8. The van der Waals surface area contributed by atoms with Gasteiger partial charge in [-0.1, -0.05) is 0 Å². The van der Waals surface area contributed by atoms with Gasteiger partial charge < -0.3 is 19.8 Å². The predicted octanol–water partition coefficient (Wildman–Crippen LogP) is -0.970. The Balaban J connectivity index is 2.64. The van der Waals surface area contributed by atoms with Gasteiger partial charge in [-0.25, -0.2) is 4.79 Å². The van der Waals surface area contributed by atoms with Crippen LogP contribution in [0.2, 0.25) is 0 Å². The normalized spacial score (nSPS) is 18.9. The number of hydrogen-bond acceptors (Lipinski definition) is 5. The largest absolute Gasteiger partial charge is 0.395 e. The average molecular weight is 260 g/mol. The van der Waals surface area contributed by atoms with Crippen molar-refractivity contribution in [1.82, 2.24) is 9.80 Å². The molecule has 0 aromatic carbocycles. The number of nitrogens with zero attached hydrogens (tertiary/aromatic N) is 2. The first kappa shape index (κ1) is 14.9. The van der Waals surface area contributed by atoms with Crippen molar-refractivity contribution in [1.29, 1.82) is 0 Å². The maximum absolute atomic E-state index is 12.1. The van der Waals surface area contributed by atoms with Gasteiger partial charge in [0, 0.05) is 6.54 Å². The van der Waals surface area contributed by atoms with E-state index in [9.17, 15) is 9.59 Å². The molecule has 1 rings (SSSR count). The molecular formula is C11H20N2O5. The average Bonchev–Trinajstić information content (AvgIpc) is 2.48. The molecule has 0 atom stereocenters. The molecular weight excluding hydrogens is 240 g/mol. The van der Waals surface area contributed by atoms with E-state index in [1.54, 1.807) is 13.8 Å². The predicted molar refractivity (Wildman–Crippen MR) is 62.9 cm³/mol. The Morgan fingerprint density at radius 3 is 2.33 bits per heavy atom. The molecule has 7 heteroatoms. The smallest absolute Gasteiger partial charge is 0.327 e. The lowest BCUT2D eigenvalue weighted by Gasteiger charge is -2.26. The van der Waals surface area contributed by atoms with Gasteiger partial charge in [0.1, 0.15) is 5.54 Å². The van der Waals surface area contributed by atoms with Gasteiger partial charge >= 0.3 is 6.03 Å². The second-order valence-corrected chi connectivity index (χ2v) is 4.51. The van der Waals surface area contributed by atoms with Crippen molar-refractivity contribution in [2.45, 2.75) is 19.4 Å². The summed E-state index contributed by atoms with van der Waals surface area (Å²) in [5, 5.41) is 17.5. The second-order valence-electron chi connectivity index (χ2n) is 4.51. The van der Waals surface area contributed by atoms with Gasteiger partial charge in [0.2, 0.25) is 0 Å². The van der Waals surface area contributed by atoms with Gasteiger partial charge in [0.05, 0.1) is 33.0 Å². The number of aliphatic hydroxyl groups excluding tert-OH is 2. The highest BCUT2D eigenvalue weighted by atomic mass is 16.5. The zero-order chi connectivity index (χ0) is 13.8. The minimum Gasteiger partial charge on any atom is -0.395 e. The van der Waals surface area contributed by atoms with Gasteiger partial charge in [-0.15, -0.1) is 0 Å². The number of carbonyl (C=O) groups is 2. The molecule has 1 fully saturated rings. The van der Waals surface area contributed by atoms with Crippen LogP contribution in [-0.4, -0.2) is 77.0 Å². The Labute approximate surface area is 106 Å². The maximum atomic E-state index is 12.1. The van der Waals surface area contributed by atoms with Crippen molar-refractivity contribution in [3.8, 4) is 0 Å². The van der Waals surface area contributed by atoms with Crippen molar-refractivity contribution < 1.29 is 24.5 Å². The summed E-state index contributed by atoms with van der Waals surface area (Å²) >= 11 is 0. The van der Waals surface area contributed by atoms with Crippen molar-refractivity contribution in [2.24, 2.45) is 0 Å². The molecule has 1 aliphatic heterocycles. The van der Waals surface area contributed by atoms with Crippen molar-refractivity contribution in [2.75, 3.05) is 39.5 Å². The molecule has 0 saturated carbocycles. The highest BCUT2D eigenvalue weighted by molar-refractivity contribution is 6.06. The number of urea groups is 1. The Kier molecular flexibility index (Phi) is 5.06. The Morgan fingerprint density at radius 1 is 1.11 bits per heavy atom. The lowest BCUT2D eigenvalue weighted by Crippen LogP contribution is -2.45. The quantitative estimate of drug-likeness (QED) is 0.454. The fourth-order valence-corrected chi connectivity index (χ4v) is 1.91. The van der Waals surface area contributed by atoms with Crippen LogP contribution in [-0.2, 0) is 9.53 Å². The van der Waals surface area contributed by atoms with Crippen LogP contribution in [0.5, 0.6) is 0 Å². The number of aliphatic hydroxyl groups is 2. The molecule has 0 aromatic rings. The van der Waals surface area contributed by atoms with Crippen LogP contribution >= 0.6 is 0 Å². The van der Waals surface area contributed by atoms with Gasteiger partial charge in [-0.2, -0.15) is 0 Å². The molecule has 0 aliphatic carbocycles. The first-order valence-corrected chi connectivity index (χ1v) is 5.89. The van der Waals surface area contributed by atoms with Crippen LogP contribution in [0.4, 0.5) is 4.79 Å². The molecule has 0 bridgehead atoms. The number of hydrogen-bond donors (Lipinski definition) is 2. The minimum atomic E-state index is -0.934. The van der Waals surface area contributed by atoms with Crippen LogP contribution in [0.15, 0.2) is 0 Å². The standard InChI is InChI=1S/C11H20N2O5/c1-11(2)9(16)12(4-7-18-8-6-15)10(17)13(11)3-5-14/h14-15H,3-8H2,1-2H3. The van der Waals surface area contributed by atoms with Crippen LogP contribution in [0, 0.1) is 0 Å². The third-order valence-electron chi connectivity index (χ3n) is 2.92. The molecule has 0 radical (unpaired) electrons. The number of amides is 3. The molecule has 18 heavy (non-hydrogen) atoms. The summed E-state index contributed by atoms with van der Waals surface area (Å²) in [4.78, 5) is 26.5. The lowest BCUT2D eigenvalue weighted by atomic mass is 10.0. The van der Waals surface area contributed by atoms with Gasteiger partial charge in [0.15, 0.2) is 0 Å². The van der Waals surface area contributed by atoms with E-state index in [1.807, 2.05) is 0 Å². The molecule has 7 nitrogen and oxygen atoms in total. The molecule has 0 aromatic heterocycles. The molecule has 1 aliphatic rings. The number of ether oxygens (including phenoxy) is 1. The van der Waals surface area contributed by atoms with Gasteiger partial charge in [0.25, 0.3) is 5.91 Å². The fourth-order valence-electron chi connectivity index (χ4n) is 1.91. The van der Waals surface area contributed by atoms with Crippen LogP contribution in [0.25, 0.3) is 0 Å². The number of rotatable bonds is 7. The SMILES string of the molecule is CC1(C)C(=O)N(CCOCCO)C(=O)N1CCO. The number of β-amino-alcohol motifs (C(OH)–C–C–N with tert-alkyl or cyclic N) is 1. The van der Waals surface area contributed by atoms with E-state index in [-0.39, 0.29) is 45.4 Å². The third-order valence-corrected chi connectivity index (χ3v) is 2.92. The van der Waals surface area contributed by atoms with E-state index in [0.29, 0.717) is 0 Å². The molecule has 1 saturated heterocycles. The molecule has 1 heterocycles. The van der Waals surface area contributed by atoms with E-state index in [1.165, 1.54) is 4.90 Å². The van der Waals surface area contributed by atoms with Crippen LogP contribution in [0.3, 0.4) is 0 Å². The Morgan fingerprint density at radius 2 is 1.78 bits per heavy atom. The van der Waals surface area contributed by atoms with Crippen molar-refractivity contribution >= 4 is 11.9 Å². The summed E-state index contributed by atoms with van der Waals surface area (Å²) in [5.74, 6) is -0.298. The highest BCUT2D eigenvalue weighted by Crippen LogP contribution is 2.26. The first-order valence-electron chi connectivity index (χ1n) is 5.89. The number of carbonyl (C=O) groups excluding carboxylic acids is 2. The highest BCUT2D eigenvalue weighted by Gasteiger charge is 2.50. The third kappa shape index (κ3) is 2.80. The van der Waals surface area contributed by atoms with Gasteiger partial charge in [-0.05, 0) is 13.8 Å². The molecule has 3 amide bonds. The Hall–Kier alpha value is -1.18. The topological polar surface area (TPSA) is 90.3 Å². The van der Waals surface area contributed by atoms with Gasteiger partial charge in [-0.3, -0.25) is 9.69 Å². The fraction of sp³-hybridized carbons (Fsp3) is 0.818. The maximum Gasteiger partial charge on any atom is 0.327 e. The summed E-state index contributed by atoms with van der Waals surface area (Å²) in [7, 11) is 0. The Bertz CT molecular complexity index is 319. The zero-order valence-electron chi connectivity index (χ0n) is 10.8. The summed E-state index contributed by atoms with van der Waals surface area (Å²) in [6.45, 7) is 3.69. The number of imide groups is 1. The van der Waals surface area contributed by atoms with Crippen molar-refractivity contribution in [3.63, 3.8) is 0 Å². The van der Waals surface area contributed by atoms with Crippen molar-refractivity contribution in [3.05, 3.63) is 0 Å². The van der Waals surface area contributed by atoms with E-state index in [4.69, 9.17) is 14.9 Å². The summed E-state index contributed by atoms with van der Waals surface area (Å²) in [6, 6.07) is -0.411. The van der Waals surface area contributed by atoms with E-state index >= 15 is 0 Å². The van der Waals surface area contributed by atoms with Crippen LogP contribution in [0.1, 0.15) is 13.8 Å². The van der Waals surface area contributed by atoms with Crippen LogP contribution < -0.4 is 0 Å². The summed E-state index contributed by atoms with van der Waals surface area (Å²) < 4.78 is 5.04. The second kappa shape index (κ2) is 6.12. The minimum absolute atomic E-state index is 0.0932. The monoisotopic (exact) mass is 260 g/mol. The molecule has 2 N–H and O–H groups in total. The van der Waals surface area contributed by atoms with E-state index in [2.05, 4.69) is 0 Å². The summed E-state index contributed by atoms with van der Waals surface area (Å²) in [6.07, 6.45) is 0.